The summed E-state index contributed by atoms with van der Waals surface area (Å²) in [6, 6.07) is 7.79. The van der Waals surface area contributed by atoms with E-state index in [0.29, 0.717) is 19.3 Å². The third-order valence-corrected chi connectivity index (χ3v) is 4.48. The highest BCUT2D eigenvalue weighted by atomic mass is 16.4. The predicted octanol–water partition coefficient (Wildman–Crippen LogP) is 2.47. The van der Waals surface area contributed by atoms with E-state index in [9.17, 15) is 9.59 Å². The van der Waals surface area contributed by atoms with E-state index in [0.717, 1.165) is 29.3 Å². The highest BCUT2D eigenvalue weighted by Gasteiger charge is 2.33. The van der Waals surface area contributed by atoms with Gasteiger partial charge in [-0.1, -0.05) is 24.6 Å². The van der Waals surface area contributed by atoms with Crippen molar-refractivity contribution in [3.63, 3.8) is 0 Å². The van der Waals surface area contributed by atoms with Gasteiger partial charge < -0.3 is 15.4 Å². The molecule has 5 nitrogen and oxygen atoms in total. The largest absolute Gasteiger partial charge is 0.481 e. The highest BCUT2D eigenvalue weighted by molar-refractivity contribution is 5.84. The summed E-state index contributed by atoms with van der Waals surface area (Å²) in [5.41, 5.74) is 2.19. The van der Waals surface area contributed by atoms with Crippen molar-refractivity contribution in [1.29, 1.82) is 0 Å². The standard InChI is InChI=1S/C17H20N2O3/c20-16(19-15-7-3-5-13(15)17(21)22)9-8-11-10-18-14-6-2-1-4-12(11)14/h1-2,4,6,10,13,15,18H,3,5,7-9H2,(H,19,20)(H,21,22)/t13-,15+/m1/s1. The van der Waals surface area contributed by atoms with E-state index in [4.69, 9.17) is 5.11 Å². The van der Waals surface area contributed by atoms with Gasteiger partial charge >= 0.3 is 5.97 Å². The first kappa shape index (κ1) is 14.6. The zero-order chi connectivity index (χ0) is 15.5. The second-order valence-electron chi connectivity index (χ2n) is 5.91. The molecule has 1 fully saturated rings. The molecule has 0 saturated heterocycles. The summed E-state index contributed by atoms with van der Waals surface area (Å²) in [5, 5.41) is 13.2. The van der Waals surface area contributed by atoms with Crippen LogP contribution in [0.5, 0.6) is 0 Å². The molecule has 3 rings (SSSR count). The Balaban J connectivity index is 1.57. The first-order chi connectivity index (χ1) is 10.6. The fourth-order valence-electron chi connectivity index (χ4n) is 3.29. The van der Waals surface area contributed by atoms with Crippen molar-refractivity contribution in [3.8, 4) is 0 Å². The summed E-state index contributed by atoms with van der Waals surface area (Å²) >= 11 is 0. The molecular formula is C17H20N2O3. The Hall–Kier alpha value is -2.30. The Morgan fingerprint density at radius 3 is 2.91 bits per heavy atom. The third kappa shape index (κ3) is 2.98. The summed E-state index contributed by atoms with van der Waals surface area (Å²) < 4.78 is 0. The number of hydrogen-bond donors (Lipinski definition) is 3. The molecule has 1 aliphatic carbocycles. The molecule has 116 valence electrons. The Morgan fingerprint density at radius 2 is 2.09 bits per heavy atom. The molecule has 0 aliphatic heterocycles. The number of aromatic nitrogens is 1. The number of aromatic amines is 1. The number of carboxylic acids is 1. The molecule has 0 spiro atoms. The van der Waals surface area contributed by atoms with Gasteiger partial charge in [-0.2, -0.15) is 0 Å². The van der Waals surface area contributed by atoms with Gasteiger partial charge in [-0.15, -0.1) is 0 Å². The molecule has 22 heavy (non-hydrogen) atoms. The number of carbonyl (C=O) groups is 2. The Morgan fingerprint density at radius 1 is 1.27 bits per heavy atom. The molecule has 0 unspecified atom stereocenters. The number of carbonyl (C=O) groups excluding carboxylic acids is 1. The van der Waals surface area contributed by atoms with Crippen molar-refractivity contribution < 1.29 is 14.7 Å². The van der Waals surface area contributed by atoms with Crippen molar-refractivity contribution in [2.24, 2.45) is 5.92 Å². The van der Waals surface area contributed by atoms with E-state index in [-0.39, 0.29) is 11.9 Å². The molecule has 1 aromatic heterocycles. The molecule has 1 aliphatic rings. The van der Waals surface area contributed by atoms with Crippen LogP contribution in [0.25, 0.3) is 10.9 Å². The van der Waals surface area contributed by atoms with Gasteiger partial charge in [0.15, 0.2) is 0 Å². The molecule has 3 N–H and O–H groups in total. The maximum Gasteiger partial charge on any atom is 0.308 e. The number of rotatable bonds is 5. The van der Waals surface area contributed by atoms with Crippen LogP contribution in [-0.2, 0) is 16.0 Å². The molecule has 0 bridgehead atoms. The first-order valence-electron chi connectivity index (χ1n) is 7.72. The predicted molar refractivity (Wildman–Crippen MR) is 83.5 cm³/mol. The van der Waals surface area contributed by atoms with Gasteiger partial charge in [-0.25, -0.2) is 0 Å². The fourth-order valence-corrected chi connectivity index (χ4v) is 3.29. The first-order valence-corrected chi connectivity index (χ1v) is 7.72. The van der Waals surface area contributed by atoms with Crippen LogP contribution in [0, 0.1) is 5.92 Å². The molecule has 2 atom stereocenters. The number of carboxylic acid groups (broad SMARTS) is 1. The summed E-state index contributed by atoms with van der Waals surface area (Å²) in [5.74, 6) is -1.31. The Kier molecular flexibility index (Phi) is 4.13. The van der Waals surface area contributed by atoms with Crippen LogP contribution in [0.1, 0.15) is 31.2 Å². The molecule has 5 heteroatoms. The van der Waals surface area contributed by atoms with Crippen molar-refractivity contribution in [1.82, 2.24) is 10.3 Å². The fraction of sp³-hybridized carbons (Fsp3) is 0.412. The summed E-state index contributed by atoms with van der Waals surface area (Å²) in [4.78, 5) is 26.4. The van der Waals surface area contributed by atoms with E-state index < -0.39 is 11.9 Å². The molecule has 1 heterocycles. The minimum Gasteiger partial charge on any atom is -0.481 e. The Bertz CT molecular complexity index is 692. The summed E-state index contributed by atoms with van der Waals surface area (Å²) in [7, 11) is 0. The molecule has 1 amide bonds. The minimum atomic E-state index is -0.806. The number of aryl methyl sites for hydroxylation is 1. The number of H-pyrrole nitrogens is 1. The molecule has 1 aromatic carbocycles. The average molecular weight is 300 g/mol. The van der Waals surface area contributed by atoms with Crippen LogP contribution >= 0.6 is 0 Å². The number of amides is 1. The monoisotopic (exact) mass is 300 g/mol. The molecule has 1 saturated carbocycles. The summed E-state index contributed by atoms with van der Waals surface area (Å²) in [6.45, 7) is 0. The summed E-state index contributed by atoms with van der Waals surface area (Å²) in [6.07, 6.45) is 5.25. The van der Waals surface area contributed by atoms with E-state index >= 15 is 0 Å². The molecule has 2 aromatic rings. The number of hydrogen-bond acceptors (Lipinski definition) is 2. The maximum absolute atomic E-state index is 12.1. The maximum atomic E-state index is 12.1. The normalized spacial score (nSPS) is 21.1. The average Bonchev–Trinajstić information content (AvgIpc) is 3.12. The van der Waals surface area contributed by atoms with Crippen molar-refractivity contribution in [3.05, 3.63) is 36.0 Å². The van der Waals surface area contributed by atoms with Gasteiger partial charge in [-0.3, -0.25) is 9.59 Å². The second kappa shape index (κ2) is 6.22. The van der Waals surface area contributed by atoms with E-state index in [1.165, 1.54) is 0 Å². The zero-order valence-electron chi connectivity index (χ0n) is 12.3. The minimum absolute atomic E-state index is 0.0663. The van der Waals surface area contributed by atoms with Crippen LogP contribution in [0.3, 0.4) is 0 Å². The number of para-hydroxylation sites is 1. The van der Waals surface area contributed by atoms with Crippen molar-refractivity contribution in [2.45, 2.75) is 38.1 Å². The topological polar surface area (TPSA) is 82.2 Å². The van der Waals surface area contributed by atoms with E-state index in [1.54, 1.807) is 0 Å². The smallest absolute Gasteiger partial charge is 0.308 e. The second-order valence-corrected chi connectivity index (χ2v) is 5.91. The van der Waals surface area contributed by atoms with Crippen molar-refractivity contribution >= 4 is 22.8 Å². The lowest BCUT2D eigenvalue weighted by Crippen LogP contribution is -2.40. The van der Waals surface area contributed by atoms with Crippen molar-refractivity contribution in [2.75, 3.05) is 0 Å². The molecular weight excluding hydrogens is 280 g/mol. The molecule has 0 radical (unpaired) electrons. The van der Waals surface area contributed by atoms with Gasteiger partial charge in [0.25, 0.3) is 0 Å². The van der Waals surface area contributed by atoms with Crippen LogP contribution in [0.2, 0.25) is 0 Å². The number of benzene rings is 1. The third-order valence-electron chi connectivity index (χ3n) is 4.48. The van der Waals surface area contributed by atoms with E-state index in [1.807, 2.05) is 30.5 Å². The van der Waals surface area contributed by atoms with Gasteiger partial charge in [0.05, 0.1) is 5.92 Å². The lowest BCUT2D eigenvalue weighted by atomic mass is 10.0. The van der Waals surface area contributed by atoms with Gasteiger partial charge in [0.1, 0.15) is 0 Å². The lowest BCUT2D eigenvalue weighted by Gasteiger charge is -2.17. The van der Waals surface area contributed by atoms with Gasteiger partial charge in [0, 0.05) is 29.6 Å². The van der Waals surface area contributed by atoms with Crippen LogP contribution in [0.4, 0.5) is 0 Å². The Labute approximate surface area is 128 Å². The SMILES string of the molecule is O=C(CCc1c[nH]c2ccccc12)N[C@H]1CCC[C@H]1C(=O)O. The zero-order valence-corrected chi connectivity index (χ0v) is 12.3. The van der Waals surface area contributed by atoms with Crippen LogP contribution < -0.4 is 5.32 Å². The van der Waals surface area contributed by atoms with Crippen LogP contribution in [-0.4, -0.2) is 28.0 Å². The quantitative estimate of drug-likeness (QED) is 0.793. The van der Waals surface area contributed by atoms with Gasteiger partial charge in [0.2, 0.25) is 5.91 Å². The number of fused-ring (bicyclic) bond motifs is 1. The van der Waals surface area contributed by atoms with Crippen LogP contribution in [0.15, 0.2) is 30.5 Å². The highest BCUT2D eigenvalue weighted by Crippen LogP contribution is 2.26. The van der Waals surface area contributed by atoms with E-state index in [2.05, 4.69) is 10.3 Å². The lowest BCUT2D eigenvalue weighted by molar-refractivity contribution is -0.142. The number of nitrogens with one attached hydrogen (secondary N) is 2. The van der Waals surface area contributed by atoms with Gasteiger partial charge in [-0.05, 0) is 30.9 Å². The number of aliphatic carboxylic acids is 1.